The van der Waals surface area contributed by atoms with Gasteiger partial charge in [0.1, 0.15) is 5.37 Å². The van der Waals surface area contributed by atoms with Crippen LogP contribution >= 0.6 is 11.8 Å². The minimum atomic E-state index is -3.04. The van der Waals surface area contributed by atoms with Crippen LogP contribution in [0.2, 0.25) is 0 Å². The number of nitrogens with zero attached hydrogens (tertiary/aromatic N) is 2. The predicted molar refractivity (Wildman–Crippen MR) is 74.0 cm³/mol. The topological polar surface area (TPSA) is 61.2 Å². The van der Waals surface area contributed by atoms with E-state index in [1.165, 1.54) is 0 Å². The molecular formula is C12H20N2O2S2. The van der Waals surface area contributed by atoms with E-state index < -0.39 is 9.84 Å². The van der Waals surface area contributed by atoms with Gasteiger partial charge in [0, 0.05) is 29.8 Å². The minimum Gasteiger partial charge on any atom is -0.281 e. The van der Waals surface area contributed by atoms with Crippen LogP contribution in [-0.4, -0.2) is 48.5 Å². The van der Waals surface area contributed by atoms with E-state index in [-0.39, 0.29) is 23.1 Å². The van der Waals surface area contributed by atoms with Gasteiger partial charge in [0.25, 0.3) is 0 Å². The van der Waals surface area contributed by atoms with Gasteiger partial charge in [-0.25, -0.2) is 8.42 Å². The highest BCUT2D eigenvalue weighted by Gasteiger charge is 2.41. The van der Waals surface area contributed by atoms with Gasteiger partial charge >= 0.3 is 0 Å². The van der Waals surface area contributed by atoms with Gasteiger partial charge in [-0.3, -0.25) is 4.90 Å². The second-order valence-electron chi connectivity index (χ2n) is 4.95. The molecule has 0 amide bonds. The molecule has 6 heteroatoms. The molecule has 0 bridgehead atoms. The first-order valence-electron chi connectivity index (χ1n) is 6.55. The Labute approximate surface area is 114 Å². The Morgan fingerprint density at radius 1 is 1.44 bits per heavy atom. The summed E-state index contributed by atoms with van der Waals surface area (Å²) in [5, 5.41) is 8.81. The summed E-state index contributed by atoms with van der Waals surface area (Å²) in [6, 6.07) is 2.51. The summed E-state index contributed by atoms with van der Waals surface area (Å²) < 4.78 is 24.4. The van der Waals surface area contributed by atoms with Gasteiger partial charge in [-0.1, -0.05) is 13.3 Å². The lowest BCUT2D eigenvalue weighted by Crippen LogP contribution is -2.53. The van der Waals surface area contributed by atoms with Crippen LogP contribution in [0.4, 0.5) is 0 Å². The third kappa shape index (κ3) is 2.68. The van der Waals surface area contributed by atoms with E-state index in [4.69, 9.17) is 0 Å². The maximum Gasteiger partial charge on any atom is 0.166 e. The minimum absolute atomic E-state index is 0.0163. The quantitative estimate of drug-likeness (QED) is 0.787. The Morgan fingerprint density at radius 3 is 2.89 bits per heavy atom. The highest BCUT2D eigenvalue weighted by atomic mass is 32.2. The van der Waals surface area contributed by atoms with Crippen LogP contribution in [-0.2, 0) is 9.84 Å². The number of hydrogen-bond donors (Lipinski definition) is 0. The third-order valence-corrected chi connectivity index (χ3v) is 7.32. The van der Waals surface area contributed by atoms with Crippen LogP contribution in [0.3, 0.4) is 0 Å². The molecular weight excluding hydrogens is 268 g/mol. The lowest BCUT2D eigenvalue weighted by atomic mass is 10.0. The summed E-state index contributed by atoms with van der Waals surface area (Å²) in [6.07, 6.45) is 2.94. The van der Waals surface area contributed by atoms with Gasteiger partial charge in [-0.15, -0.1) is 0 Å². The lowest BCUT2D eigenvalue weighted by Gasteiger charge is -2.39. The number of sulfone groups is 1. The van der Waals surface area contributed by atoms with Crippen molar-refractivity contribution in [3.63, 3.8) is 0 Å². The van der Waals surface area contributed by atoms with E-state index in [0.717, 1.165) is 31.6 Å². The highest BCUT2D eigenvalue weighted by molar-refractivity contribution is 8.01. The molecule has 0 radical (unpaired) electrons. The Balaban J connectivity index is 2.21. The fourth-order valence-electron chi connectivity index (χ4n) is 2.96. The van der Waals surface area contributed by atoms with Crippen molar-refractivity contribution in [1.82, 2.24) is 4.90 Å². The molecule has 1 heterocycles. The molecule has 18 heavy (non-hydrogen) atoms. The van der Waals surface area contributed by atoms with Crippen molar-refractivity contribution in [2.45, 2.75) is 37.6 Å². The zero-order valence-electron chi connectivity index (χ0n) is 10.7. The molecule has 3 unspecified atom stereocenters. The molecule has 0 spiro atoms. The largest absolute Gasteiger partial charge is 0.281 e. The normalized spacial score (nSPS) is 34.3. The predicted octanol–water partition coefficient (Wildman–Crippen LogP) is 1.49. The van der Waals surface area contributed by atoms with Crippen LogP contribution < -0.4 is 0 Å². The second-order valence-corrected chi connectivity index (χ2v) is 8.55. The summed E-state index contributed by atoms with van der Waals surface area (Å²) >= 11 is 1.71. The zero-order valence-corrected chi connectivity index (χ0v) is 12.3. The molecule has 0 aromatic rings. The fourth-order valence-corrected chi connectivity index (χ4v) is 6.04. The highest BCUT2D eigenvalue weighted by Crippen LogP contribution is 2.34. The average molecular weight is 288 g/mol. The Bertz CT molecular complexity index is 430. The molecule has 2 fully saturated rings. The molecule has 1 saturated carbocycles. The van der Waals surface area contributed by atoms with Crippen LogP contribution in [0.25, 0.3) is 0 Å². The fraction of sp³-hybridized carbons (Fsp3) is 0.917. The van der Waals surface area contributed by atoms with E-state index >= 15 is 0 Å². The maximum absolute atomic E-state index is 12.2. The first-order chi connectivity index (χ1) is 8.60. The van der Waals surface area contributed by atoms with Crippen molar-refractivity contribution in [2.75, 3.05) is 23.8 Å². The summed E-state index contributed by atoms with van der Waals surface area (Å²) in [6.45, 7) is 2.51. The van der Waals surface area contributed by atoms with Gasteiger partial charge in [0.05, 0.1) is 12.0 Å². The van der Waals surface area contributed by atoms with Crippen molar-refractivity contribution >= 4 is 21.6 Å². The van der Waals surface area contributed by atoms with E-state index in [1.54, 1.807) is 18.7 Å². The average Bonchev–Trinajstić information content (AvgIpc) is 2.87. The van der Waals surface area contributed by atoms with Gasteiger partial charge in [0.2, 0.25) is 0 Å². The van der Waals surface area contributed by atoms with Gasteiger partial charge < -0.3 is 0 Å². The molecule has 0 aromatic carbocycles. The van der Waals surface area contributed by atoms with E-state index in [2.05, 4.69) is 11.0 Å². The zero-order chi connectivity index (χ0) is 13.2. The number of thioether (sulfide) groups is 1. The number of nitriles is 1. The Morgan fingerprint density at radius 2 is 2.22 bits per heavy atom. The van der Waals surface area contributed by atoms with Gasteiger partial charge in [0.15, 0.2) is 9.84 Å². The van der Waals surface area contributed by atoms with Gasteiger partial charge in [-0.05, 0) is 12.8 Å². The maximum atomic E-state index is 12.2. The molecule has 4 nitrogen and oxygen atoms in total. The first kappa shape index (κ1) is 14.2. The van der Waals surface area contributed by atoms with E-state index in [0.29, 0.717) is 5.75 Å². The molecule has 1 aliphatic heterocycles. The van der Waals surface area contributed by atoms with Crippen LogP contribution in [0.1, 0.15) is 26.2 Å². The molecule has 0 aromatic heterocycles. The molecule has 0 N–H and O–H groups in total. The summed E-state index contributed by atoms with van der Waals surface area (Å²) in [4.78, 5) is 2.11. The van der Waals surface area contributed by atoms with Crippen LogP contribution in [0, 0.1) is 17.2 Å². The van der Waals surface area contributed by atoms with Crippen molar-refractivity contribution in [2.24, 2.45) is 5.92 Å². The Hall–Kier alpha value is -0.250. The van der Waals surface area contributed by atoms with Crippen molar-refractivity contribution < 1.29 is 8.42 Å². The molecule has 1 aliphatic carbocycles. The van der Waals surface area contributed by atoms with Gasteiger partial charge in [-0.2, -0.15) is 17.0 Å². The smallest absolute Gasteiger partial charge is 0.166 e. The standard InChI is InChI=1S/C12H20N2O2S2/c1-2-18(15,16)12-9-17-7-6-14(12)11-5-3-4-10(11)8-13/h10-12H,2-7,9H2,1H3. The van der Waals surface area contributed by atoms with Crippen LogP contribution in [0.5, 0.6) is 0 Å². The lowest BCUT2D eigenvalue weighted by molar-refractivity contribution is 0.174. The molecule has 2 rings (SSSR count). The Kier molecular flexibility index (Phi) is 4.57. The first-order valence-corrected chi connectivity index (χ1v) is 9.42. The monoisotopic (exact) mass is 288 g/mol. The SMILES string of the molecule is CCS(=O)(=O)C1CSCCN1C1CCCC1C#N. The number of hydrogen-bond acceptors (Lipinski definition) is 5. The van der Waals surface area contributed by atoms with Crippen LogP contribution in [0.15, 0.2) is 0 Å². The summed E-state index contributed by atoms with van der Waals surface area (Å²) in [7, 11) is -3.04. The second kappa shape index (κ2) is 5.81. The molecule has 3 atom stereocenters. The van der Waals surface area contributed by atoms with Crippen molar-refractivity contribution in [3.8, 4) is 6.07 Å². The van der Waals surface area contributed by atoms with Crippen molar-refractivity contribution in [3.05, 3.63) is 0 Å². The molecule has 1 saturated heterocycles. The van der Waals surface area contributed by atoms with E-state index in [1.807, 2.05) is 0 Å². The summed E-state index contributed by atoms with van der Waals surface area (Å²) in [5.74, 6) is 1.84. The van der Waals surface area contributed by atoms with Crippen molar-refractivity contribution in [1.29, 1.82) is 5.26 Å². The summed E-state index contributed by atoms with van der Waals surface area (Å²) in [5.41, 5.74) is 0. The molecule has 2 aliphatic rings. The number of rotatable bonds is 3. The molecule has 102 valence electrons. The van der Waals surface area contributed by atoms with E-state index in [9.17, 15) is 13.7 Å². The third-order valence-electron chi connectivity index (χ3n) is 4.01.